The second-order valence-electron chi connectivity index (χ2n) is 8.85. The molecule has 1 saturated carbocycles. The Labute approximate surface area is 192 Å². The van der Waals surface area contributed by atoms with Crippen molar-refractivity contribution in [2.24, 2.45) is 5.92 Å². The summed E-state index contributed by atoms with van der Waals surface area (Å²) < 4.78 is 40.4. The number of nitrogens with one attached hydrogen (secondary N) is 2. The normalized spacial score (nSPS) is 15.1. The Bertz CT molecular complexity index is 1070. The molecule has 1 aromatic heterocycles. The molecule has 33 heavy (non-hydrogen) atoms. The monoisotopic (exact) mass is 457 g/mol. The lowest BCUT2D eigenvalue weighted by Gasteiger charge is -2.21. The zero-order valence-corrected chi connectivity index (χ0v) is 18.6. The van der Waals surface area contributed by atoms with Crippen LogP contribution in [0.25, 0.3) is 22.0 Å². The van der Waals surface area contributed by atoms with E-state index in [0.717, 1.165) is 47.6 Å². The van der Waals surface area contributed by atoms with Gasteiger partial charge in [-0.05, 0) is 66.1 Å². The summed E-state index contributed by atoms with van der Waals surface area (Å²) in [5, 5.41) is 7.39. The molecular weight excluding hydrogens is 427 g/mol. The molecule has 0 bridgehead atoms. The molecule has 0 spiro atoms. The number of hydrogen-bond donors (Lipinski definition) is 2. The molecule has 0 radical (unpaired) electrons. The van der Waals surface area contributed by atoms with Crippen LogP contribution >= 0.6 is 0 Å². The first-order valence-electron chi connectivity index (χ1n) is 11.6. The summed E-state index contributed by atoms with van der Waals surface area (Å²) in [5.74, 6) is 0.700. The molecule has 7 heteroatoms. The topological polar surface area (TPSA) is 46.1 Å². The van der Waals surface area contributed by atoms with E-state index in [-0.39, 0.29) is 12.5 Å². The van der Waals surface area contributed by atoms with Gasteiger partial charge >= 0.3 is 6.18 Å². The minimum Gasteiger partial charge on any atom is -0.353 e. The van der Waals surface area contributed by atoms with Crippen LogP contribution < -0.4 is 10.6 Å². The molecule has 0 aliphatic heterocycles. The quantitative estimate of drug-likeness (QED) is 0.432. The van der Waals surface area contributed by atoms with Gasteiger partial charge in [0, 0.05) is 24.8 Å². The van der Waals surface area contributed by atoms with Gasteiger partial charge in [-0.25, -0.2) is 0 Å². The van der Waals surface area contributed by atoms with E-state index in [1.807, 2.05) is 35.0 Å². The summed E-state index contributed by atoms with van der Waals surface area (Å²) in [6.45, 7) is 2.56. The van der Waals surface area contributed by atoms with Crippen molar-refractivity contribution in [3.05, 3.63) is 60.3 Å². The molecule has 3 aromatic rings. The van der Waals surface area contributed by atoms with Crippen molar-refractivity contribution in [3.8, 4) is 11.1 Å². The number of hydrogen-bond acceptors (Lipinski definition) is 2. The number of rotatable bonds is 8. The number of alkyl halides is 3. The highest BCUT2D eigenvalue weighted by molar-refractivity contribution is 5.87. The average molecular weight is 458 g/mol. The third-order valence-electron chi connectivity index (χ3n) is 6.42. The highest BCUT2D eigenvalue weighted by atomic mass is 19.4. The predicted octanol–water partition coefficient (Wildman–Crippen LogP) is 5.61. The zero-order chi connectivity index (χ0) is 23.3. The first kappa shape index (κ1) is 23.4. The summed E-state index contributed by atoms with van der Waals surface area (Å²) in [6, 6.07) is 12.8. The van der Waals surface area contributed by atoms with Gasteiger partial charge in [-0.1, -0.05) is 43.5 Å². The maximum atomic E-state index is 12.8. The third-order valence-corrected chi connectivity index (χ3v) is 6.42. The zero-order valence-electron chi connectivity index (χ0n) is 18.6. The number of amides is 1. The molecule has 1 fully saturated rings. The molecule has 0 saturated heterocycles. The minimum absolute atomic E-state index is 0.0631. The van der Waals surface area contributed by atoms with Crippen LogP contribution in [0.3, 0.4) is 0 Å². The Hall–Kier alpha value is -2.80. The number of halogens is 3. The largest absolute Gasteiger partial charge is 0.416 e. The fourth-order valence-electron chi connectivity index (χ4n) is 4.55. The first-order chi connectivity index (χ1) is 15.9. The number of nitrogens with zero attached hydrogens (tertiary/aromatic N) is 1. The average Bonchev–Trinajstić information content (AvgIpc) is 3.21. The molecule has 2 N–H and O–H groups in total. The number of carbonyl (C=O) groups excluding carboxylic acids is 1. The van der Waals surface area contributed by atoms with Crippen molar-refractivity contribution in [3.63, 3.8) is 0 Å². The summed E-state index contributed by atoms with van der Waals surface area (Å²) in [6.07, 6.45) is 4.12. The predicted molar refractivity (Wildman–Crippen MR) is 125 cm³/mol. The van der Waals surface area contributed by atoms with Gasteiger partial charge in [-0.15, -0.1) is 0 Å². The first-order valence-corrected chi connectivity index (χ1v) is 11.6. The van der Waals surface area contributed by atoms with Crippen LogP contribution in [0, 0.1) is 5.92 Å². The highest BCUT2D eigenvalue weighted by Gasteiger charge is 2.30. The van der Waals surface area contributed by atoms with Gasteiger partial charge in [0.2, 0.25) is 5.91 Å². The number of fused-ring (bicyclic) bond motifs is 1. The molecular formula is C26H30F3N3O. The van der Waals surface area contributed by atoms with Crippen molar-refractivity contribution >= 4 is 16.8 Å². The second kappa shape index (κ2) is 10.4. The molecule has 1 aliphatic carbocycles. The molecule has 1 amide bonds. The van der Waals surface area contributed by atoms with Crippen molar-refractivity contribution in [1.82, 2.24) is 15.2 Å². The van der Waals surface area contributed by atoms with E-state index in [1.165, 1.54) is 44.2 Å². The van der Waals surface area contributed by atoms with E-state index in [0.29, 0.717) is 12.1 Å². The van der Waals surface area contributed by atoms with Crippen LogP contribution in [0.1, 0.15) is 37.7 Å². The van der Waals surface area contributed by atoms with Crippen molar-refractivity contribution in [1.29, 1.82) is 0 Å². The molecule has 2 aromatic carbocycles. The smallest absolute Gasteiger partial charge is 0.353 e. The van der Waals surface area contributed by atoms with Crippen LogP contribution in [0.2, 0.25) is 0 Å². The third kappa shape index (κ3) is 6.16. The van der Waals surface area contributed by atoms with Crippen LogP contribution in [-0.4, -0.2) is 30.1 Å². The van der Waals surface area contributed by atoms with Gasteiger partial charge in [0.25, 0.3) is 0 Å². The lowest BCUT2D eigenvalue weighted by molar-refractivity contribution is -0.137. The molecule has 1 aliphatic rings. The van der Waals surface area contributed by atoms with Gasteiger partial charge in [0.05, 0.1) is 5.56 Å². The van der Waals surface area contributed by atoms with Crippen LogP contribution in [0.4, 0.5) is 13.2 Å². The second-order valence-corrected chi connectivity index (χ2v) is 8.85. The lowest BCUT2D eigenvalue weighted by Crippen LogP contribution is -2.35. The Morgan fingerprint density at radius 2 is 1.67 bits per heavy atom. The van der Waals surface area contributed by atoms with Gasteiger partial charge in [-0.2, -0.15) is 13.2 Å². The van der Waals surface area contributed by atoms with Gasteiger partial charge < -0.3 is 15.2 Å². The summed E-state index contributed by atoms with van der Waals surface area (Å²) >= 11 is 0. The Morgan fingerprint density at radius 1 is 0.939 bits per heavy atom. The van der Waals surface area contributed by atoms with E-state index in [2.05, 4.69) is 10.6 Å². The Morgan fingerprint density at radius 3 is 2.39 bits per heavy atom. The molecule has 0 atom stereocenters. The van der Waals surface area contributed by atoms with Crippen LogP contribution in [-0.2, 0) is 17.5 Å². The SMILES string of the molecule is O=C(Cn1ccc2ccc(-c3ccc(C(F)(F)F)cc3)cc21)NCCNCC1CCCCC1. The fourth-order valence-corrected chi connectivity index (χ4v) is 4.55. The maximum absolute atomic E-state index is 12.8. The van der Waals surface area contributed by atoms with Crippen molar-refractivity contribution in [2.45, 2.75) is 44.8 Å². The van der Waals surface area contributed by atoms with Gasteiger partial charge in [0.15, 0.2) is 0 Å². The molecule has 4 rings (SSSR count). The van der Waals surface area contributed by atoms with Gasteiger partial charge in [0.1, 0.15) is 6.54 Å². The van der Waals surface area contributed by atoms with Gasteiger partial charge in [-0.3, -0.25) is 4.79 Å². The molecule has 0 unspecified atom stereocenters. The number of benzene rings is 2. The molecule has 4 nitrogen and oxygen atoms in total. The molecule has 1 heterocycles. The summed E-state index contributed by atoms with van der Waals surface area (Å²) in [4.78, 5) is 12.4. The lowest BCUT2D eigenvalue weighted by atomic mass is 9.89. The summed E-state index contributed by atoms with van der Waals surface area (Å²) in [5.41, 5.74) is 1.72. The van der Waals surface area contributed by atoms with E-state index < -0.39 is 11.7 Å². The van der Waals surface area contributed by atoms with E-state index in [9.17, 15) is 18.0 Å². The van der Waals surface area contributed by atoms with E-state index >= 15 is 0 Å². The Kier molecular flexibility index (Phi) is 7.38. The fraction of sp³-hybridized carbons (Fsp3) is 0.423. The molecule has 176 valence electrons. The minimum atomic E-state index is -4.35. The summed E-state index contributed by atoms with van der Waals surface area (Å²) in [7, 11) is 0. The maximum Gasteiger partial charge on any atom is 0.416 e. The van der Waals surface area contributed by atoms with Crippen molar-refractivity contribution in [2.75, 3.05) is 19.6 Å². The van der Waals surface area contributed by atoms with E-state index in [1.54, 1.807) is 0 Å². The number of aromatic nitrogens is 1. The van der Waals surface area contributed by atoms with Crippen LogP contribution in [0.15, 0.2) is 54.7 Å². The number of carbonyl (C=O) groups is 1. The standard InChI is InChI=1S/C26H30F3N3O/c27-26(28,29)23-10-8-20(9-11-23)22-7-6-21-12-15-32(24(21)16-22)18-25(33)31-14-13-30-17-19-4-2-1-3-5-19/h6-12,15-16,19,30H,1-5,13-14,17-18H2,(H,31,33). The highest BCUT2D eigenvalue weighted by Crippen LogP contribution is 2.32. The van der Waals surface area contributed by atoms with E-state index in [4.69, 9.17) is 0 Å². The van der Waals surface area contributed by atoms with Crippen molar-refractivity contribution < 1.29 is 18.0 Å². The Balaban J connectivity index is 1.33. The van der Waals surface area contributed by atoms with Crippen LogP contribution in [0.5, 0.6) is 0 Å².